The molecule has 7 heteroatoms. The fourth-order valence-electron chi connectivity index (χ4n) is 3.39. The second-order valence-electron chi connectivity index (χ2n) is 8.13. The van der Waals surface area contributed by atoms with Gasteiger partial charge in [-0.25, -0.2) is 4.98 Å². The van der Waals surface area contributed by atoms with Crippen LogP contribution in [-0.2, 0) is 17.8 Å². The number of halogens is 1. The molecule has 1 aliphatic heterocycles. The first kappa shape index (κ1) is 24.7. The van der Waals surface area contributed by atoms with Crippen LogP contribution in [-0.4, -0.2) is 53.3 Å². The summed E-state index contributed by atoms with van der Waals surface area (Å²) in [6.45, 7) is 9.76. The monoisotopic (exact) mass is 466 g/mol. The van der Waals surface area contributed by atoms with E-state index in [1.807, 2.05) is 42.6 Å². The molecule has 0 aliphatic carbocycles. The quantitative estimate of drug-likeness (QED) is 0.290. The summed E-state index contributed by atoms with van der Waals surface area (Å²) in [6, 6.07) is 10.1. The van der Waals surface area contributed by atoms with Crippen molar-refractivity contribution in [2.24, 2.45) is 0 Å². The first-order valence-electron chi connectivity index (χ1n) is 11.1. The van der Waals surface area contributed by atoms with E-state index in [0.29, 0.717) is 36.8 Å². The number of carbonyl (C=O) groups excluding carboxylic acids is 1. The summed E-state index contributed by atoms with van der Waals surface area (Å²) in [5.74, 6) is 1.31. The molecule has 3 rings (SSSR count). The van der Waals surface area contributed by atoms with E-state index in [1.165, 1.54) is 0 Å². The number of anilines is 1. The lowest BCUT2D eigenvalue weighted by Crippen LogP contribution is -2.45. The number of likely N-dealkylation sites (N-methyl/N-ethyl adjacent to an activating group) is 1. The minimum atomic E-state index is -0.459. The molecule has 1 saturated heterocycles. The van der Waals surface area contributed by atoms with Gasteiger partial charge in [0.2, 0.25) is 17.1 Å². The average Bonchev–Trinajstić information content (AvgIpc) is 2.84. The third-order valence-electron chi connectivity index (χ3n) is 5.62. The van der Waals surface area contributed by atoms with Crippen LogP contribution in [0, 0.1) is 0 Å². The van der Waals surface area contributed by atoms with Crippen LogP contribution in [0.2, 0.25) is 0 Å². The first-order valence-corrected chi connectivity index (χ1v) is 11.5. The van der Waals surface area contributed by atoms with Crippen LogP contribution in [0.15, 0.2) is 72.5 Å². The predicted molar refractivity (Wildman–Crippen MR) is 134 cm³/mol. The SMILES string of the molecule is C=CC(=CC=C(C)C(=O)Cl)CCc1cnc(N2CCN(C)CC2)nc1OCc1ccccc1. The maximum Gasteiger partial charge on any atom is 0.248 e. The van der Waals surface area contributed by atoms with E-state index in [-0.39, 0.29) is 0 Å². The van der Waals surface area contributed by atoms with Gasteiger partial charge in [-0.1, -0.05) is 55.1 Å². The first-order chi connectivity index (χ1) is 16.0. The Balaban J connectivity index is 1.78. The van der Waals surface area contributed by atoms with Crippen molar-refractivity contribution in [3.8, 4) is 5.88 Å². The highest BCUT2D eigenvalue weighted by atomic mass is 35.5. The zero-order valence-corrected chi connectivity index (χ0v) is 20.1. The summed E-state index contributed by atoms with van der Waals surface area (Å²) in [6.07, 6.45) is 8.63. The van der Waals surface area contributed by atoms with Gasteiger partial charge in [-0.3, -0.25) is 4.79 Å². The molecule has 0 atom stereocenters. The van der Waals surface area contributed by atoms with Crippen LogP contribution in [0.25, 0.3) is 0 Å². The van der Waals surface area contributed by atoms with Gasteiger partial charge in [0.25, 0.3) is 0 Å². The van der Waals surface area contributed by atoms with E-state index in [2.05, 4.69) is 28.4 Å². The number of nitrogens with zero attached hydrogens (tertiary/aromatic N) is 4. The second-order valence-corrected chi connectivity index (χ2v) is 8.48. The van der Waals surface area contributed by atoms with Crippen LogP contribution in [0.1, 0.15) is 24.5 Å². The van der Waals surface area contributed by atoms with Crippen molar-refractivity contribution < 1.29 is 9.53 Å². The van der Waals surface area contributed by atoms with Gasteiger partial charge >= 0.3 is 0 Å². The number of hydrogen-bond donors (Lipinski definition) is 0. The number of benzene rings is 1. The Hall–Kier alpha value is -2.96. The van der Waals surface area contributed by atoms with Crippen molar-refractivity contribution in [1.29, 1.82) is 0 Å². The zero-order valence-electron chi connectivity index (χ0n) is 19.3. The number of carbonyl (C=O) groups is 1. The van der Waals surface area contributed by atoms with Crippen molar-refractivity contribution in [1.82, 2.24) is 14.9 Å². The zero-order chi connectivity index (χ0) is 23.6. The molecule has 1 fully saturated rings. The number of ether oxygens (including phenoxy) is 1. The molecule has 2 aromatic rings. The van der Waals surface area contributed by atoms with Gasteiger partial charge < -0.3 is 14.5 Å². The minimum absolute atomic E-state index is 0.441. The van der Waals surface area contributed by atoms with Crippen LogP contribution in [0.3, 0.4) is 0 Å². The van der Waals surface area contributed by atoms with Gasteiger partial charge in [0.15, 0.2) is 0 Å². The van der Waals surface area contributed by atoms with Gasteiger partial charge in [0.05, 0.1) is 0 Å². The van der Waals surface area contributed by atoms with E-state index < -0.39 is 5.24 Å². The second kappa shape index (κ2) is 12.3. The molecular formula is C26H31ClN4O2. The van der Waals surface area contributed by atoms with Crippen molar-refractivity contribution in [3.63, 3.8) is 0 Å². The van der Waals surface area contributed by atoms with Crippen molar-refractivity contribution in [3.05, 3.63) is 83.6 Å². The Kier molecular flexibility index (Phi) is 9.22. The molecule has 174 valence electrons. The van der Waals surface area contributed by atoms with E-state index in [0.717, 1.165) is 42.9 Å². The van der Waals surface area contributed by atoms with Crippen molar-refractivity contribution in [2.45, 2.75) is 26.4 Å². The molecule has 0 bridgehead atoms. The van der Waals surface area contributed by atoms with Crippen molar-refractivity contribution >= 4 is 22.8 Å². The number of hydrogen-bond acceptors (Lipinski definition) is 6. The summed E-state index contributed by atoms with van der Waals surface area (Å²) >= 11 is 5.52. The summed E-state index contributed by atoms with van der Waals surface area (Å²) in [5.41, 5.74) is 3.50. The average molecular weight is 467 g/mol. The van der Waals surface area contributed by atoms with E-state index in [4.69, 9.17) is 21.3 Å². The summed E-state index contributed by atoms with van der Waals surface area (Å²) in [4.78, 5) is 25.2. The molecule has 0 N–H and O–H groups in total. The van der Waals surface area contributed by atoms with E-state index >= 15 is 0 Å². The third-order valence-corrected chi connectivity index (χ3v) is 5.92. The topological polar surface area (TPSA) is 58.6 Å². The highest BCUT2D eigenvalue weighted by Gasteiger charge is 2.18. The lowest BCUT2D eigenvalue weighted by Gasteiger charge is -2.32. The minimum Gasteiger partial charge on any atom is -0.472 e. The number of aryl methyl sites for hydroxylation is 1. The highest BCUT2D eigenvalue weighted by molar-refractivity contribution is 6.67. The predicted octanol–water partition coefficient (Wildman–Crippen LogP) is 4.56. The van der Waals surface area contributed by atoms with Crippen LogP contribution in [0.5, 0.6) is 5.88 Å². The summed E-state index contributed by atoms with van der Waals surface area (Å²) < 4.78 is 6.16. The number of aromatic nitrogens is 2. The number of piperazine rings is 1. The molecule has 0 spiro atoms. The largest absolute Gasteiger partial charge is 0.472 e. The molecule has 0 radical (unpaired) electrons. The maximum atomic E-state index is 11.2. The third kappa shape index (κ3) is 7.55. The molecule has 0 unspecified atom stereocenters. The van der Waals surface area contributed by atoms with Gasteiger partial charge in [-0.05, 0) is 49.6 Å². The van der Waals surface area contributed by atoms with Crippen LogP contribution < -0.4 is 9.64 Å². The van der Waals surface area contributed by atoms with Crippen LogP contribution in [0.4, 0.5) is 5.95 Å². The molecular weight excluding hydrogens is 436 g/mol. The van der Waals surface area contributed by atoms with Gasteiger partial charge in [0.1, 0.15) is 6.61 Å². The van der Waals surface area contributed by atoms with Gasteiger partial charge in [-0.15, -0.1) is 0 Å². The van der Waals surface area contributed by atoms with Crippen molar-refractivity contribution in [2.75, 3.05) is 38.1 Å². The molecule has 2 heterocycles. The van der Waals surface area contributed by atoms with E-state index in [1.54, 1.807) is 19.1 Å². The Morgan fingerprint density at radius 1 is 1.18 bits per heavy atom. The molecule has 0 saturated carbocycles. The number of rotatable bonds is 10. The summed E-state index contributed by atoms with van der Waals surface area (Å²) in [7, 11) is 2.13. The van der Waals surface area contributed by atoms with Crippen LogP contribution >= 0.6 is 11.6 Å². The summed E-state index contributed by atoms with van der Waals surface area (Å²) in [5, 5.41) is -0.459. The fraction of sp³-hybridized carbons (Fsp3) is 0.346. The van der Waals surface area contributed by atoms with E-state index in [9.17, 15) is 4.79 Å². The standard InChI is InChI=1S/C26H31ClN4O2/c1-4-21(11-10-20(2)24(27)32)12-13-23-18-28-26(31-16-14-30(3)15-17-31)29-25(23)33-19-22-8-6-5-7-9-22/h4-11,18H,1,12-17,19H2,2-3H3. The molecule has 33 heavy (non-hydrogen) atoms. The molecule has 1 aromatic carbocycles. The van der Waals surface area contributed by atoms with Gasteiger partial charge in [-0.2, -0.15) is 4.98 Å². The Bertz CT molecular complexity index is 1010. The Labute approximate surface area is 201 Å². The molecule has 1 aromatic heterocycles. The Morgan fingerprint density at radius 2 is 1.91 bits per heavy atom. The molecule has 1 aliphatic rings. The van der Waals surface area contributed by atoms with Gasteiger partial charge in [0, 0.05) is 43.5 Å². The smallest absolute Gasteiger partial charge is 0.248 e. The molecule has 0 amide bonds. The maximum absolute atomic E-state index is 11.2. The lowest BCUT2D eigenvalue weighted by molar-refractivity contribution is -0.108. The number of allylic oxidation sites excluding steroid dienone is 5. The normalized spacial score (nSPS) is 15.4. The molecule has 6 nitrogen and oxygen atoms in total. The lowest BCUT2D eigenvalue weighted by atomic mass is 10.1. The Morgan fingerprint density at radius 3 is 2.58 bits per heavy atom. The fourth-order valence-corrected chi connectivity index (χ4v) is 3.46. The highest BCUT2D eigenvalue weighted by Crippen LogP contribution is 2.23.